The molecule has 54 heavy (non-hydrogen) atoms. The zero-order valence-electron chi connectivity index (χ0n) is 31.6. The van der Waals surface area contributed by atoms with Crippen molar-refractivity contribution in [3.8, 4) is 46.0 Å². The topological polar surface area (TPSA) is 130 Å². The standard InChI is InChI=1S/C42H46N2O10/c1-43(23-38(45)46)15-13-27-20-34(50-4)36-22-30(27)31(43)17-25-7-10-29(11-8-25)53-35-19-26(9-12-33(35)49-3)18-32-40-28(14-16-44(32,2)24-39(47)48)21-37(51-5)41(52-6)42(40)54-36/h7-12,19-22,31-32H,13-18,23-24H2,1-6H3/p+2/t31-,32-,43?,44?/m0/s1. The van der Waals surface area contributed by atoms with E-state index in [4.69, 9.17) is 28.4 Å². The summed E-state index contributed by atoms with van der Waals surface area (Å²) in [5.74, 6) is 2.17. The Hall–Kier alpha value is -5.46. The average molecular weight is 741 g/mol. The lowest BCUT2D eigenvalue weighted by molar-refractivity contribution is -0.934. The fraction of sp³-hybridized carbons (Fsp3) is 0.381. The van der Waals surface area contributed by atoms with E-state index in [9.17, 15) is 19.8 Å². The highest BCUT2D eigenvalue weighted by atomic mass is 16.5. The Bertz CT molecular complexity index is 2100. The van der Waals surface area contributed by atoms with E-state index in [1.807, 2.05) is 74.8 Å². The van der Waals surface area contributed by atoms with Crippen LogP contribution >= 0.6 is 0 Å². The Balaban J connectivity index is 1.52. The van der Waals surface area contributed by atoms with Crippen LogP contribution in [-0.4, -0.2) is 99.8 Å². The van der Waals surface area contributed by atoms with Crippen molar-refractivity contribution in [2.75, 3.05) is 68.7 Å². The molecule has 12 nitrogen and oxygen atoms in total. The van der Waals surface area contributed by atoms with Crippen molar-refractivity contribution >= 4 is 11.9 Å². The smallest absolute Gasteiger partial charge is 0.359 e. The first kappa shape index (κ1) is 36.9. The van der Waals surface area contributed by atoms with E-state index >= 15 is 0 Å². The third-order valence-corrected chi connectivity index (χ3v) is 11.6. The quantitative estimate of drug-likeness (QED) is 0.197. The number of hydrogen-bond donors (Lipinski definition) is 2. The van der Waals surface area contributed by atoms with Gasteiger partial charge >= 0.3 is 11.9 Å². The largest absolute Gasteiger partial charge is 0.493 e. The van der Waals surface area contributed by atoms with Crippen LogP contribution in [-0.2, 0) is 35.3 Å². The predicted molar refractivity (Wildman–Crippen MR) is 200 cm³/mol. The first-order valence-corrected chi connectivity index (χ1v) is 18.1. The zero-order chi connectivity index (χ0) is 38.4. The SMILES string of the molecule is COc1ccc2cc1Oc1ccc(cc1)C[C@H]1c3cc(c(OC)cc3CC[N+]1(C)CC(=O)O)Oc1c(OC)c(OC)cc3c1[C@H](C2)[N+](C)(CC(=O)O)CC3. The average Bonchev–Trinajstić information content (AvgIpc) is 3.13. The van der Waals surface area contributed by atoms with Gasteiger partial charge in [0.2, 0.25) is 5.75 Å². The van der Waals surface area contributed by atoms with E-state index < -0.39 is 18.0 Å². The number of ether oxygens (including phenoxy) is 6. The van der Waals surface area contributed by atoms with Crippen LogP contribution in [0.15, 0.2) is 60.7 Å². The predicted octanol–water partition coefficient (Wildman–Crippen LogP) is 6.36. The molecule has 6 bridgehead atoms. The van der Waals surface area contributed by atoms with Gasteiger partial charge in [0.05, 0.1) is 61.2 Å². The number of aliphatic carboxylic acids is 2. The number of benzene rings is 4. The molecule has 0 radical (unpaired) electrons. The van der Waals surface area contributed by atoms with Crippen LogP contribution in [0.25, 0.3) is 0 Å². The summed E-state index contributed by atoms with van der Waals surface area (Å²) < 4.78 is 37.6. The van der Waals surface area contributed by atoms with Gasteiger partial charge in [-0.15, -0.1) is 0 Å². The van der Waals surface area contributed by atoms with Gasteiger partial charge in [-0.1, -0.05) is 18.2 Å². The summed E-state index contributed by atoms with van der Waals surface area (Å²) >= 11 is 0. The summed E-state index contributed by atoms with van der Waals surface area (Å²) in [5.41, 5.74) is 5.76. The Kier molecular flexibility index (Phi) is 9.84. The first-order chi connectivity index (χ1) is 25.9. The van der Waals surface area contributed by atoms with Crippen molar-refractivity contribution in [1.82, 2.24) is 0 Å². The van der Waals surface area contributed by atoms with Gasteiger partial charge in [0, 0.05) is 31.2 Å². The lowest BCUT2D eigenvalue weighted by Crippen LogP contribution is -2.54. The molecule has 0 spiro atoms. The van der Waals surface area contributed by atoms with E-state index in [2.05, 4.69) is 0 Å². The van der Waals surface area contributed by atoms with E-state index in [1.54, 1.807) is 28.4 Å². The number of methoxy groups -OCH3 is 4. The Labute approximate surface area is 315 Å². The summed E-state index contributed by atoms with van der Waals surface area (Å²) in [6, 6.07) is 19.0. The van der Waals surface area contributed by atoms with Crippen molar-refractivity contribution in [1.29, 1.82) is 0 Å². The summed E-state index contributed by atoms with van der Waals surface area (Å²) in [6.45, 7) is 1.02. The van der Waals surface area contributed by atoms with Crippen LogP contribution in [0.3, 0.4) is 0 Å². The highest BCUT2D eigenvalue weighted by Crippen LogP contribution is 2.53. The molecule has 4 aromatic carbocycles. The van der Waals surface area contributed by atoms with Gasteiger partial charge in [0.25, 0.3) is 0 Å². The summed E-state index contributed by atoms with van der Waals surface area (Å²) in [5, 5.41) is 20.4. The Morgan fingerprint density at radius 1 is 0.667 bits per heavy atom. The molecule has 0 saturated carbocycles. The molecule has 4 aliphatic heterocycles. The molecule has 4 aliphatic rings. The molecular formula is C42H48N2O10+2. The molecule has 4 aromatic rings. The minimum Gasteiger partial charge on any atom is -0.493 e. The molecule has 4 heterocycles. The van der Waals surface area contributed by atoms with Gasteiger partial charge < -0.3 is 47.6 Å². The Morgan fingerprint density at radius 3 is 1.87 bits per heavy atom. The van der Waals surface area contributed by atoms with Crippen LogP contribution < -0.4 is 28.4 Å². The van der Waals surface area contributed by atoms with Gasteiger partial charge in [-0.3, -0.25) is 0 Å². The number of fused-ring (bicyclic) bond motifs is 2. The van der Waals surface area contributed by atoms with E-state index in [0.29, 0.717) is 89.3 Å². The van der Waals surface area contributed by atoms with Crippen molar-refractivity contribution in [3.63, 3.8) is 0 Å². The lowest BCUT2D eigenvalue weighted by Gasteiger charge is -2.45. The third-order valence-electron chi connectivity index (χ3n) is 11.6. The van der Waals surface area contributed by atoms with Gasteiger partial charge in [-0.25, -0.2) is 9.59 Å². The maximum Gasteiger partial charge on any atom is 0.359 e. The molecule has 0 amide bonds. The maximum atomic E-state index is 12.5. The molecule has 4 atom stereocenters. The van der Waals surface area contributed by atoms with Gasteiger partial charge in [0.1, 0.15) is 17.8 Å². The lowest BCUT2D eigenvalue weighted by atomic mass is 9.85. The monoisotopic (exact) mass is 740 g/mol. The van der Waals surface area contributed by atoms with E-state index in [1.165, 1.54) is 0 Å². The molecule has 284 valence electrons. The number of likely N-dealkylation sites (N-methyl/N-ethyl adjacent to an activating group) is 2. The maximum absolute atomic E-state index is 12.5. The van der Waals surface area contributed by atoms with Gasteiger partial charge in [-0.2, -0.15) is 0 Å². The van der Waals surface area contributed by atoms with E-state index in [0.717, 1.165) is 33.4 Å². The highest BCUT2D eigenvalue weighted by molar-refractivity contribution is 5.69. The number of carboxylic acid groups (broad SMARTS) is 2. The molecule has 8 rings (SSSR count). The number of carbonyl (C=O) groups is 2. The molecule has 0 aliphatic carbocycles. The molecule has 0 saturated heterocycles. The van der Waals surface area contributed by atoms with Crippen molar-refractivity contribution in [3.05, 3.63) is 94.0 Å². The third kappa shape index (κ3) is 6.75. The van der Waals surface area contributed by atoms with E-state index in [-0.39, 0.29) is 23.6 Å². The molecule has 2 unspecified atom stereocenters. The molecule has 2 N–H and O–H groups in total. The Morgan fingerprint density at radius 2 is 1.24 bits per heavy atom. The number of hydrogen-bond acceptors (Lipinski definition) is 8. The van der Waals surface area contributed by atoms with Gasteiger partial charge in [-0.05, 0) is 64.7 Å². The normalized spacial score (nSPS) is 22.7. The molecular weight excluding hydrogens is 692 g/mol. The highest BCUT2D eigenvalue weighted by Gasteiger charge is 2.46. The number of quaternary nitrogens is 2. The van der Waals surface area contributed by atoms with Crippen LogP contribution in [0.5, 0.6) is 46.0 Å². The first-order valence-electron chi connectivity index (χ1n) is 18.1. The fourth-order valence-corrected chi connectivity index (χ4v) is 8.75. The number of nitrogens with zero attached hydrogens (tertiary/aromatic N) is 2. The van der Waals surface area contributed by atoms with Crippen LogP contribution in [0, 0.1) is 0 Å². The second-order valence-corrected chi connectivity index (χ2v) is 15.0. The molecule has 0 fully saturated rings. The van der Waals surface area contributed by atoms with Crippen LogP contribution in [0.4, 0.5) is 0 Å². The van der Waals surface area contributed by atoms with Crippen LogP contribution in [0.1, 0.15) is 45.5 Å². The summed E-state index contributed by atoms with van der Waals surface area (Å²) in [6.07, 6.45) is 2.24. The van der Waals surface area contributed by atoms with Crippen molar-refractivity contribution in [2.24, 2.45) is 0 Å². The second-order valence-electron chi connectivity index (χ2n) is 15.0. The van der Waals surface area contributed by atoms with Crippen molar-refractivity contribution in [2.45, 2.75) is 37.8 Å². The molecule has 0 aromatic heterocycles. The second kappa shape index (κ2) is 14.4. The van der Waals surface area contributed by atoms with Gasteiger partial charge in [0.15, 0.2) is 47.6 Å². The number of carboxylic acids is 2. The minimum atomic E-state index is -0.907. The minimum absolute atomic E-state index is 0.0529. The van der Waals surface area contributed by atoms with Crippen LogP contribution in [0.2, 0.25) is 0 Å². The summed E-state index contributed by atoms with van der Waals surface area (Å²) in [7, 11) is 10.3. The fourth-order valence-electron chi connectivity index (χ4n) is 8.75. The number of rotatable bonds is 8. The van der Waals surface area contributed by atoms with Crippen molar-refractivity contribution < 1.29 is 57.2 Å². The molecule has 12 heteroatoms. The zero-order valence-corrected chi connectivity index (χ0v) is 31.6. The summed E-state index contributed by atoms with van der Waals surface area (Å²) in [4.78, 5) is 24.8.